The van der Waals surface area contributed by atoms with E-state index in [0.29, 0.717) is 36.9 Å². The van der Waals surface area contributed by atoms with Crippen molar-refractivity contribution in [2.75, 3.05) is 6.61 Å². The monoisotopic (exact) mass is 512 g/mol. The third kappa shape index (κ3) is 4.90. The summed E-state index contributed by atoms with van der Waals surface area (Å²) in [6, 6.07) is 11.1. The number of carbonyl (C=O) groups is 1. The summed E-state index contributed by atoms with van der Waals surface area (Å²) in [6.45, 7) is 7.46. The average Bonchev–Trinajstić information content (AvgIpc) is 3.10. The maximum Gasteiger partial charge on any atom is 0.338 e. The van der Waals surface area contributed by atoms with Gasteiger partial charge in [0.25, 0.3) is 5.56 Å². The molecule has 2 aromatic carbocycles. The number of aromatic hydroxyl groups is 1. The van der Waals surface area contributed by atoms with Crippen molar-refractivity contribution in [2.45, 2.75) is 39.8 Å². The number of phenols is 1. The highest BCUT2D eigenvalue weighted by Crippen LogP contribution is 2.36. The number of carbonyl (C=O) groups excluding carboxylic acids is 1. The van der Waals surface area contributed by atoms with Gasteiger partial charge in [0.1, 0.15) is 17.5 Å². The second-order valence-corrected chi connectivity index (χ2v) is 9.66. The van der Waals surface area contributed by atoms with Gasteiger partial charge in [-0.15, -0.1) is 0 Å². The number of aromatic nitrogens is 1. The molecule has 0 unspecified atom stereocenters. The number of para-hydroxylation sites is 1. The molecule has 0 amide bonds. The van der Waals surface area contributed by atoms with Crippen LogP contribution in [0, 0.1) is 0 Å². The fourth-order valence-corrected chi connectivity index (χ4v) is 5.15. The van der Waals surface area contributed by atoms with Gasteiger partial charge in [0, 0.05) is 16.1 Å². The Morgan fingerprint density at radius 1 is 1.29 bits per heavy atom. The van der Waals surface area contributed by atoms with E-state index in [0.717, 1.165) is 0 Å². The first-order valence-corrected chi connectivity index (χ1v) is 12.3. The Balaban J connectivity index is 2.00. The van der Waals surface area contributed by atoms with Crippen LogP contribution in [0.25, 0.3) is 6.08 Å². The zero-order valence-corrected chi connectivity index (χ0v) is 21.3. The summed E-state index contributed by atoms with van der Waals surface area (Å²) in [4.78, 5) is 31.8. The maximum atomic E-state index is 13.7. The van der Waals surface area contributed by atoms with Crippen LogP contribution in [-0.4, -0.2) is 28.4 Å². The largest absolute Gasteiger partial charge is 0.507 e. The highest BCUT2D eigenvalue weighted by Gasteiger charge is 2.35. The molecule has 2 heterocycles. The van der Waals surface area contributed by atoms with E-state index in [4.69, 9.17) is 21.1 Å². The van der Waals surface area contributed by atoms with Crippen molar-refractivity contribution in [1.82, 2.24) is 4.57 Å². The van der Waals surface area contributed by atoms with E-state index in [1.54, 1.807) is 32.1 Å². The first-order valence-electron chi connectivity index (χ1n) is 11.1. The Hall–Kier alpha value is -3.36. The van der Waals surface area contributed by atoms with E-state index in [1.165, 1.54) is 22.0 Å². The number of hydrogen-bond acceptors (Lipinski definition) is 7. The minimum Gasteiger partial charge on any atom is -0.507 e. The van der Waals surface area contributed by atoms with Gasteiger partial charge in [0.2, 0.25) is 0 Å². The summed E-state index contributed by atoms with van der Waals surface area (Å²) in [5.41, 5.74) is 1.44. The number of nitrogens with zero attached hydrogens (tertiary/aromatic N) is 2. The van der Waals surface area contributed by atoms with Crippen LogP contribution < -0.4 is 19.6 Å². The predicted molar refractivity (Wildman–Crippen MR) is 136 cm³/mol. The van der Waals surface area contributed by atoms with Gasteiger partial charge in [-0.3, -0.25) is 9.36 Å². The van der Waals surface area contributed by atoms with Gasteiger partial charge < -0.3 is 14.6 Å². The van der Waals surface area contributed by atoms with Gasteiger partial charge in [-0.05, 0) is 58.0 Å². The van der Waals surface area contributed by atoms with Crippen molar-refractivity contribution in [1.29, 1.82) is 0 Å². The number of rotatable bonds is 6. The van der Waals surface area contributed by atoms with Gasteiger partial charge in [-0.25, -0.2) is 9.79 Å². The van der Waals surface area contributed by atoms with Crippen molar-refractivity contribution in [3.63, 3.8) is 0 Å². The van der Waals surface area contributed by atoms with Gasteiger partial charge in [-0.2, -0.15) is 0 Å². The van der Waals surface area contributed by atoms with Crippen molar-refractivity contribution < 1.29 is 19.4 Å². The van der Waals surface area contributed by atoms with Crippen LogP contribution in [-0.2, 0) is 9.53 Å². The second-order valence-electron chi connectivity index (χ2n) is 8.21. The molecule has 1 atom stereocenters. The van der Waals surface area contributed by atoms with Crippen LogP contribution in [0.4, 0.5) is 0 Å². The smallest absolute Gasteiger partial charge is 0.338 e. The molecule has 7 nitrogen and oxygen atoms in total. The molecule has 0 saturated carbocycles. The molecule has 1 aliphatic heterocycles. The normalized spacial score (nSPS) is 15.7. The van der Waals surface area contributed by atoms with E-state index in [-0.39, 0.29) is 29.6 Å². The van der Waals surface area contributed by atoms with E-state index < -0.39 is 12.0 Å². The first kappa shape index (κ1) is 24.8. The van der Waals surface area contributed by atoms with E-state index >= 15 is 0 Å². The molecular weight excluding hydrogens is 488 g/mol. The zero-order valence-electron chi connectivity index (χ0n) is 19.7. The molecule has 0 radical (unpaired) electrons. The number of benzene rings is 2. The fraction of sp³-hybridized carbons (Fsp3) is 0.269. The molecular formula is C26H25ClN2O5S. The summed E-state index contributed by atoms with van der Waals surface area (Å²) in [5.74, 6) is 0.0155. The Bertz CT molecular complexity index is 1500. The third-order valence-electron chi connectivity index (χ3n) is 5.37. The summed E-state index contributed by atoms with van der Waals surface area (Å²) in [7, 11) is 0. The number of hydrogen-bond donors (Lipinski definition) is 1. The lowest BCUT2D eigenvalue weighted by atomic mass is 9.95. The number of esters is 1. The first-order chi connectivity index (χ1) is 16.7. The Morgan fingerprint density at radius 2 is 2.03 bits per heavy atom. The highest BCUT2D eigenvalue weighted by atomic mass is 35.5. The molecule has 0 saturated heterocycles. The molecule has 4 rings (SSSR count). The minimum atomic E-state index is -0.796. The van der Waals surface area contributed by atoms with E-state index in [9.17, 15) is 14.7 Å². The molecule has 35 heavy (non-hydrogen) atoms. The molecule has 1 aromatic heterocycles. The Kier molecular flexibility index (Phi) is 7.14. The second kappa shape index (κ2) is 10.1. The van der Waals surface area contributed by atoms with Crippen LogP contribution in [0.2, 0.25) is 5.02 Å². The number of phenolic OH excluding ortho intramolecular Hbond substituents is 1. The summed E-state index contributed by atoms with van der Waals surface area (Å²) >= 11 is 7.25. The molecule has 0 aliphatic carbocycles. The molecule has 0 spiro atoms. The van der Waals surface area contributed by atoms with Crippen molar-refractivity contribution in [2.24, 2.45) is 4.99 Å². The molecule has 0 bridgehead atoms. The van der Waals surface area contributed by atoms with Gasteiger partial charge in [0.15, 0.2) is 4.80 Å². The van der Waals surface area contributed by atoms with Crippen LogP contribution in [0.3, 0.4) is 0 Å². The SMILES string of the molecule is CCOC(=O)C1=C(C)N=c2s/c(=C/c3cc(Cl)ccc3O)c(=O)n2[C@@H]1c1ccccc1OC(C)C. The Morgan fingerprint density at radius 3 is 2.74 bits per heavy atom. The maximum absolute atomic E-state index is 13.7. The number of fused-ring (bicyclic) bond motifs is 1. The van der Waals surface area contributed by atoms with Crippen LogP contribution in [0.15, 0.2) is 63.5 Å². The quantitative estimate of drug-likeness (QED) is 0.505. The summed E-state index contributed by atoms with van der Waals surface area (Å²) in [5, 5.41) is 10.7. The molecule has 3 aromatic rings. The lowest BCUT2D eigenvalue weighted by molar-refractivity contribution is -0.139. The number of halogens is 1. The number of thiazole rings is 1. The lowest BCUT2D eigenvalue weighted by Gasteiger charge is -2.26. The standard InChI is InChI=1S/C26H25ClN2O5S/c1-5-33-25(32)22-15(4)28-26-29(23(22)18-8-6-7-9-20(18)34-14(2)3)24(31)21(35-26)13-16-12-17(27)10-11-19(16)30/h6-14,23,30H,5H2,1-4H3/b21-13+/t23-/m1/s1. The topological polar surface area (TPSA) is 90.1 Å². The third-order valence-corrected chi connectivity index (χ3v) is 6.59. The Labute approximate surface area is 211 Å². The molecule has 1 N–H and O–H groups in total. The molecule has 182 valence electrons. The number of ether oxygens (including phenoxy) is 2. The van der Waals surface area contributed by atoms with E-state index in [2.05, 4.69) is 4.99 Å². The summed E-state index contributed by atoms with van der Waals surface area (Å²) < 4.78 is 13.2. The summed E-state index contributed by atoms with van der Waals surface area (Å²) in [6.07, 6.45) is 1.45. The predicted octanol–water partition coefficient (Wildman–Crippen LogP) is 3.94. The lowest BCUT2D eigenvalue weighted by Crippen LogP contribution is -2.40. The van der Waals surface area contributed by atoms with Crippen molar-refractivity contribution >= 4 is 35.0 Å². The van der Waals surface area contributed by atoms with Crippen LogP contribution >= 0.6 is 22.9 Å². The van der Waals surface area contributed by atoms with Crippen molar-refractivity contribution in [3.8, 4) is 11.5 Å². The molecule has 0 fully saturated rings. The fourth-order valence-electron chi connectivity index (χ4n) is 3.94. The highest BCUT2D eigenvalue weighted by molar-refractivity contribution is 7.07. The van der Waals surface area contributed by atoms with Crippen LogP contribution in [0.5, 0.6) is 11.5 Å². The van der Waals surface area contributed by atoms with E-state index in [1.807, 2.05) is 38.1 Å². The van der Waals surface area contributed by atoms with Crippen molar-refractivity contribution in [3.05, 3.63) is 89.6 Å². The molecule has 9 heteroatoms. The van der Waals surface area contributed by atoms with Gasteiger partial charge >= 0.3 is 5.97 Å². The van der Waals surface area contributed by atoms with Crippen LogP contribution in [0.1, 0.15) is 44.9 Å². The minimum absolute atomic E-state index is 0.00384. The average molecular weight is 513 g/mol. The zero-order chi connectivity index (χ0) is 25.3. The number of allylic oxidation sites excluding steroid dienone is 1. The molecule has 1 aliphatic rings. The van der Waals surface area contributed by atoms with Gasteiger partial charge in [0.05, 0.1) is 28.5 Å². The van der Waals surface area contributed by atoms with Gasteiger partial charge in [-0.1, -0.05) is 41.1 Å².